The number of carbonyl (C=O) groups is 1. The van der Waals surface area contributed by atoms with Crippen molar-refractivity contribution in [3.05, 3.63) is 17.5 Å². The number of hydrogen-bond donors (Lipinski definition) is 2. The summed E-state index contributed by atoms with van der Waals surface area (Å²) >= 11 is 0. The molecular weight excluding hydrogens is 505 g/mol. The highest BCUT2D eigenvalue weighted by molar-refractivity contribution is 5.81. The lowest BCUT2D eigenvalue weighted by atomic mass is 9.71. The monoisotopic (exact) mass is 543 g/mol. The van der Waals surface area contributed by atoms with Gasteiger partial charge in [-0.1, -0.05) is 0 Å². The Morgan fingerprint density at radius 2 is 1.84 bits per heavy atom. The molecule has 11 heteroatoms. The summed E-state index contributed by atoms with van der Waals surface area (Å²) in [4.78, 5) is 15.6. The van der Waals surface area contributed by atoms with Crippen LogP contribution in [0.2, 0.25) is 0 Å². The third-order valence-electron chi connectivity index (χ3n) is 9.12. The van der Waals surface area contributed by atoms with Gasteiger partial charge in [0.2, 0.25) is 5.91 Å². The number of amidine groups is 1. The molecule has 0 radical (unpaired) electrons. The zero-order valence-electron chi connectivity index (χ0n) is 21.8. The zero-order chi connectivity index (χ0) is 27.2. The van der Waals surface area contributed by atoms with Gasteiger partial charge >= 0.3 is 6.18 Å². The Morgan fingerprint density at radius 3 is 2.47 bits per heavy atom. The van der Waals surface area contributed by atoms with E-state index in [9.17, 15) is 26.7 Å². The lowest BCUT2D eigenvalue weighted by Gasteiger charge is -2.38. The van der Waals surface area contributed by atoms with E-state index >= 15 is 0 Å². The Labute approximate surface area is 220 Å². The van der Waals surface area contributed by atoms with Gasteiger partial charge in [-0.3, -0.25) is 14.9 Å². The molecule has 0 aromatic carbocycles. The van der Waals surface area contributed by atoms with Crippen molar-refractivity contribution in [2.24, 2.45) is 30.7 Å². The predicted octanol–water partition coefficient (Wildman–Crippen LogP) is 5.38. The minimum absolute atomic E-state index is 0.0409. The van der Waals surface area contributed by atoms with Gasteiger partial charge in [-0.05, 0) is 81.5 Å². The first-order chi connectivity index (χ1) is 18.0. The second kappa shape index (κ2) is 10.8. The van der Waals surface area contributed by atoms with Gasteiger partial charge in [0.05, 0.1) is 5.84 Å². The van der Waals surface area contributed by atoms with Gasteiger partial charge in [0.1, 0.15) is 12.3 Å². The van der Waals surface area contributed by atoms with Crippen LogP contribution in [-0.4, -0.2) is 57.9 Å². The molecule has 2 N–H and O–H groups in total. The maximum Gasteiger partial charge on any atom is 0.435 e. The van der Waals surface area contributed by atoms with Gasteiger partial charge in [-0.2, -0.15) is 18.3 Å². The van der Waals surface area contributed by atoms with Crippen molar-refractivity contribution in [2.45, 2.75) is 94.7 Å². The van der Waals surface area contributed by atoms with Gasteiger partial charge in [-0.25, -0.2) is 8.78 Å². The summed E-state index contributed by atoms with van der Waals surface area (Å²) in [6, 6.07) is -0.219. The maximum atomic E-state index is 14.2. The summed E-state index contributed by atoms with van der Waals surface area (Å²) in [6.45, 7) is 1.31. The number of alkyl halides is 5. The largest absolute Gasteiger partial charge is 0.435 e. The molecule has 1 saturated heterocycles. The van der Waals surface area contributed by atoms with Crippen molar-refractivity contribution in [1.82, 2.24) is 20.0 Å². The molecule has 212 valence electrons. The van der Waals surface area contributed by atoms with Crippen LogP contribution >= 0.6 is 0 Å². The summed E-state index contributed by atoms with van der Waals surface area (Å²) in [7, 11) is 1.47. The molecule has 6 unspecified atom stereocenters. The highest BCUT2D eigenvalue weighted by Gasteiger charge is 2.45. The number of nitrogens with zero attached hydrogens (tertiary/aromatic N) is 3. The van der Waals surface area contributed by atoms with Crippen molar-refractivity contribution in [3.8, 4) is 0 Å². The fourth-order valence-electron chi connectivity index (χ4n) is 7.12. The molecule has 4 fully saturated rings. The summed E-state index contributed by atoms with van der Waals surface area (Å²) in [5.41, 5.74) is -0.772. The van der Waals surface area contributed by atoms with Crippen LogP contribution in [0.5, 0.6) is 0 Å². The number of rotatable bonds is 7. The summed E-state index contributed by atoms with van der Waals surface area (Å²) in [6.07, 6.45) is -0.570. The molecule has 38 heavy (non-hydrogen) atoms. The van der Waals surface area contributed by atoms with E-state index < -0.39 is 36.0 Å². The average Bonchev–Trinajstić information content (AvgIpc) is 3.50. The quantitative estimate of drug-likeness (QED) is 0.454. The van der Waals surface area contributed by atoms with Crippen LogP contribution in [0.4, 0.5) is 22.0 Å². The topological polar surface area (TPSA) is 74.0 Å². The third kappa shape index (κ3) is 6.01. The summed E-state index contributed by atoms with van der Waals surface area (Å²) in [5, 5.41) is 15.1. The summed E-state index contributed by atoms with van der Waals surface area (Å²) < 4.78 is 70.7. The van der Waals surface area contributed by atoms with E-state index in [1.165, 1.54) is 17.9 Å². The smallest absolute Gasteiger partial charge is 0.360 e. The number of likely N-dealkylation sites (tertiary alicyclic amines) is 1. The van der Waals surface area contributed by atoms with E-state index in [1.54, 1.807) is 0 Å². The fourth-order valence-corrected chi connectivity index (χ4v) is 7.12. The van der Waals surface area contributed by atoms with Gasteiger partial charge in [-0.15, -0.1) is 0 Å². The van der Waals surface area contributed by atoms with E-state index in [0.29, 0.717) is 38.1 Å². The second-order valence-corrected chi connectivity index (χ2v) is 12.0. The molecule has 7 atom stereocenters. The fraction of sp³-hybridized carbons (Fsp3) is 0.815. The van der Waals surface area contributed by atoms with Gasteiger partial charge < -0.3 is 10.2 Å². The van der Waals surface area contributed by atoms with E-state index in [1.807, 2.05) is 4.90 Å². The lowest BCUT2D eigenvalue weighted by Crippen LogP contribution is -2.48. The van der Waals surface area contributed by atoms with Crippen LogP contribution in [0.25, 0.3) is 0 Å². The number of aryl methyl sites for hydroxylation is 1. The molecule has 1 aromatic heterocycles. The highest BCUT2D eigenvalue weighted by atomic mass is 19.4. The van der Waals surface area contributed by atoms with Crippen LogP contribution in [0, 0.1) is 29.1 Å². The molecule has 0 spiro atoms. The first kappa shape index (κ1) is 27.4. The molecule has 3 aliphatic carbocycles. The van der Waals surface area contributed by atoms with Gasteiger partial charge in [0, 0.05) is 50.3 Å². The number of hydrogen-bond acceptors (Lipinski definition) is 3. The van der Waals surface area contributed by atoms with Crippen LogP contribution in [0.1, 0.15) is 81.4 Å². The molecule has 1 aromatic rings. The molecule has 6 nitrogen and oxygen atoms in total. The Hall–Kier alpha value is -2.20. The number of nitrogens with one attached hydrogen (secondary N) is 2. The Morgan fingerprint density at radius 1 is 1.11 bits per heavy atom. The minimum atomic E-state index is -4.59. The summed E-state index contributed by atoms with van der Waals surface area (Å²) in [5.74, 6) is -0.529. The first-order valence-corrected chi connectivity index (χ1v) is 14.0. The number of amides is 1. The lowest BCUT2D eigenvalue weighted by molar-refractivity contribution is -0.142. The van der Waals surface area contributed by atoms with Crippen molar-refractivity contribution in [3.63, 3.8) is 0 Å². The van der Waals surface area contributed by atoms with Crippen molar-refractivity contribution in [2.75, 3.05) is 13.1 Å². The molecule has 5 rings (SSSR count). The normalized spacial score (nSPS) is 33.4. The van der Waals surface area contributed by atoms with Crippen LogP contribution in [-0.2, 0) is 18.0 Å². The van der Waals surface area contributed by atoms with E-state index in [2.05, 4.69) is 10.4 Å². The number of aromatic nitrogens is 2. The van der Waals surface area contributed by atoms with Crippen molar-refractivity contribution < 1.29 is 26.7 Å². The van der Waals surface area contributed by atoms with Crippen molar-refractivity contribution in [1.29, 1.82) is 5.41 Å². The average molecular weight is 544 g/mol. The molecule has 4 aliphatic rings. The molecule has 1 aliphatic heterocycles. The first-order valence-electron chi connectivity index (χ1n) is 14.0. The Kier molecular flexibility index (Phi) is 7.75. The van der Waals surface area contributed by atoms with Crippen LogP contribution < -0.4 is 5.32 Å². The van der Waals surface area contributed by atoms with E-state index in [4.69, 9.17) is 5.41 Å². The Bertz CT molecular complexity index is 1020. The molecule has 0 bridgehead atoms. The maximum absolute atomic E-state index is 14.2. The number of halogens is 5. The molecular formula is C27H38F5N5O. The SMILES string of the molecule is Cn1cc(C2CC(CN3CCCC3=N)CC(C(=O)N[C@@H](C3CC3)C3CCC(F)C(F)C3)C2)c(C(F)(F)F)n1. The van der Waals surface area contributed by atoms with Gasteiger partial charge in [0.25, 0.3) is 0 Å². The second-order valence-electron chi connectivity index (χ2n) is 12.0. The predicted molar refractivity (Wildman–Crippen MR) is 132 cm³/mol. The number of carbonyl (C=O) groups excluding carboxylic acids is 1. The van der Waals surface area contributed by atoms with Gasteiger partial charge in [0.15, 0.2) is 5.69 Å². The molecule has 1 amide bonds. The van der Waals surface area contributed by atoms with E-state index in [-0.39, 0.29) is 54.5 Å². The third-order valence-corrected chi connectivity index (χ3v) is 9.12. The Balaban J connectivity index is 1.35. The molecule has 3 saturated carbocycles. The molecule has 2 heterocycles. The highest BCUT2D eigenvalue weighted by Crippen LogP contribution is 2.45. The minimum Gasteiger partial charge on any atom is -0.360 e. The van der Waals surface area contributed by atoms with E-state index in [0.717, 1.165) is 25.8 Å². The standard InChI is InChI=1S/C27H38F5N5O/c1-36-14-20(25(35-36)27(30,31)32)18-9-15(13-37-8-2-3-23(37)33)10-19(11-18)26(38)34-24(16-4-5-16)17-6-7-21(28)22(29)12-17/h14-19,21-22,24,33H,2-13H2,1H3,(H,34,38)/t15?,17?,18?,19?,21?,22?,24-/m0/s1. The van der Waals surface area contributed by atoms with Crippen molar-refractivity contribution >= 4 is 11.7 Å². The zero-order valence-corrected chi connectivity index (χ0v) is 21.8. The van der Waals surface area contributed by atoms with Crippen LogP contribution in [0.15, 0.2) is 6.20 Å². The van der Waals surface area contributed by atoms with Crippen LogP contribution in [0.3, 0.4) is 0 Å².